The zero-order valence-corrected chi connectivity index (χ0v) is 11.0. The molecule has 4 heteroatoms. The standard InChI is InChI=1S/C15H18N2O2/c1-19-14-8-3-2-7-13(14)16-15(18)9-6-12-17-10-4-5-11-17/h2-5,7-8,10-11H,6,9,12H2,1H3,(H,16,18). The molecule has 0 atom stereocenters. The van der Waals surface area contributed by atoms with Crippen molar-refractivity contribution in [3.05, 3.63) is 48.8 Å². The van der Waals surface area contributed by atoms with Gasteiger partial charge in [0.15, 0.2) is 0 Å². The Balaban J connectivity index is 1.80. The number of ether oxygens (including phenoxy) is 1. The Morgan fingerprint density at radius 1 is 1.21 bits per heavy atom. The fraction of sp³-hybridized carbons (Fsp3) is 0.267. The van der Waals surface area contributed by atoms with Gasteiger partial charge in [-0.3, -0.25) is 4.79 Å². The van der Waals surface area contributed by atoms with Crippen LogP contribution in [-0.4, -0.2) is 17.6 Å². The van der Waals surface area contributed by atoms with E-state index in [1.165, 1.54) is 0 Å². The van der Waals surface area contributed by atoms with Gasteiger partial charge in [-0.1, -0.05) is 12.1 Å². The van der Waals surface area contributed by atoms with Crippen LogP contribution in [0.2, 0.25) is 0 Å². The third-order valence-electron chi connectivity index (χ3n) is 2.87. The first kappa shape index (κ1) is 13.2. The molecule has 0 aliphatic rings. The molecule has 1 heterocycles. The van der Waals surface area contributed by atoms with Crippen molar-refractivity contribution < 1.29 is 9.53 Å². The van der Waals surface area contributed by atoms with Crippen molar-refractivity contribution >= 4 is 11.6 Å². The van der Waals surface area contributed by atoms with Crippen molar-refractivity contribution in [2.45, 2.75) is 19.4 Å². The van der Waals surface area contributed by atoms with Crippen LogP contribution in [0.25, 0.3) is 0 Å². The zero-order chi connectivity index (χ0) is 13.5. The molecule has 0 radical (unpaired) electrons. The lowest BCUT2D eigenvalue weighted by Crippen LogP contribution is -2.12. The van der Waals surface area contributed by atoms with Crippen molar-refractivity contribution in [2.24, 2.45) is 0 Å². The Morgan fingerprint density at radius 3 is 2.68 bits per heavy atom. The molecule has 0 aliphatic carbocycles. The molecule has 2 aromatic rings. The Morgan fingerprint density at radius 2 is 1.95 bits per heavy atom. The van der Waals surface area contributed by atoms with Gasteiger partial charge in [0.1, 0.15) is 5.75 Å². The number of carbonyl (C=O) groups is 1. The van der Waals surface area contributed by atoms with Gasteiger partial charge >= 0.3 is 0 Å². The Hall–Kier alpha value is -2.23. The number of nitrogens with zero attached hydrogens (tertiary/aromatic N) is 1. The highest BCUT2D eigenvalue weighted by Crippen LogP contribution is 2.23. The molecule has 19 heavy (non-hydrogen) atoms. The normalized spacial score (nSPS) is 10.2. The van der Waals surface area contributed by atoms with Gasteiger partial charge in [0, 0.05) is 25.4 Å². The summed E-state index contributed by atoms with van der Waals surface area (Å²) in [6, 6.07) is 11.4. The maximum absolute atomic E-state index is 11.8. The van der Waals surface area contributed by atoms with Crippen molar-refractivity contribution in [1.82, 2.24) is 4.57 Å². The number of para-hydroxylation sites is 2. The van der Waals surface area contributed by atoms with E-state index in [0.29, 0.717) is 12.2 Å². The molecular weight excluding hydrogens is 240 g/mol. The Kier molecular flexibility index (Phi) is 4.61. The van der Waals surface area contributed by atoms with Crippen LogP contribution < -0.4 is 10.1 Å². The van der Waals surface area contributed by atoms with E-state index in [4.69, 9.17) is 4.74 Å². The summed E-state index contributed by atoms with van der Waals surface area (Å²) in [5, 5.41) is 2.87. The van der Waals surface area contributed by atoms with E-state index in [1.54, 1.807) is 7.11 Å². The van der Waals surface area contributed by atoms with Gasteiger partial charge in [-0.15, -0.1) is 0 Å². The first-order valence-electron chi connectivity index (χ1n) is 6.33. The summed E-state index contributed by atoms with van der Waals surface area (Å²) in [5.74, 6) is 0.693. The van der Waals surface area contributed by atoms with Gasteiger partial charge in [-0.2, -0.15) is 0 Å². The van der Waals surface area contributed by atoms with E-state index in [-0.39, 0.29) is 5.91 Å². The topological polar surface area (TPSA) is 43.3 Å². The summed E-state index contributed by atoms with van der Waals surface area (Å²) >= 11 is 0. The molecule has 100 valence electrons. The maximum Gasteiger partial charge on any atom is 0.224 e. The molecule has 0 unspecified atom stereocenters. The van der Waals surface area contributed by atoms with E-state index in [0.717, 1.165) is 18.7 Å². The van der Waals surface area contributed by atoms with Gasteiger partial charge < -0.3 is 14.6 Å². The Labute approximate surface area is 113 Å². The number of amides is 1. The number of benzene rings is 1. The van der Waals surface area contributed by atoms with Crippen LogP contribution in [0.3, 0.4) is 0 Å². The first-order chi connectivity index (χ1) is 9.29. The molecule has 0 saturated carbocycles. The molecule has 1 aromatic heterocycles. The molecule has 1 N–H and O–H groups in total. The molecule has 0 saturated heterocycles. The highest BCUT2D eigenvalue weighted by molar-refractivity contribution is 5.92. The number of methoxy groups -OCH3 is 1. The third-order valence-corrected chi connectivity index (χ3v) is 2.87. The molecule has 1 amide bonds. The van der Waals surface area contributed by atoms with E-state index in [2.05, 4.69) is 9.88 Å². The summed E-state index contributed by atoms with van der Waals surface area (Å²) in [6.45, 7) is 0.854. The summed E-state index contributed by atoms with van der Waals surface area (Å²) in [5.41, 5.74) is 0.718. The predicted molar refractivity (Wildman–Crippen MR) is 75.3 cm³/mol. The van der Waals surface area contributed by atoms with Gasteiger partial charge in [0.05, 0.1) is 12.8 Å². The SMILES string of the molecule is COc1ccccc1NC(=O)CCCn1cccc1. The van der Waals surface area contributed by atoms with Crippen LogP contribution in [-0.2, 0) is 11.3 Å². The van der Waals surface area contributed by atoms with Crippen molar-refractivity contribution in [3.8, 4) is 5.75 Å². The van der Waals surface area contributed by atoms with E-state index in [1.807, 2.05) is 48.8 Å². The van der Waals surface area contributed by atoms with Gasteiger partial charge in [-0.05, 0) is 30.7 Å². The minimum Gasteiger partial charge on any atom is -0.495 e. The summed E-state index contributed by atoms with van der Waals surface area (Å²) in [7, 11) is 1.59. The van der Waals surface area contributed by atoms with Crippen molar-refractivity contribution in [1.29, 1.82) is 0 Å². The molecule has 4 nitrogen and oxygen atoms in total. The second-order valence-corrected chi connectivity index (χ2v) is 4.27. The molecule has 0 bridgehead atoms. The largest absolute Gasteiger partial charge is 0.495 e. The summed E-state index contributed by atoms with van der Waals surface area (Å²) in [6.07, 6.45) is 5.31. The second kappa shape index (κ2) is 6.64. The number of aryl methyl sites for hydroxylation is 1. The fourth-order valence-electron chi connectivity index (χ4n) is 1.90. The highest BCUT2D eigenvalue weighted by atomic mass is 16.5. The van der Waals surface area contributed by atoms with E-state index < -0.39 is 0 Å². The molecule has 1 aromatic carbocycles. The molecule has 2 rings (SSSR count). The van der Waals surface area contributed by atoms with Gasteiger partial charge in [-0.25, -0.2) is 0 Å². The first-order valence-corrected chi connectivity index (χ1v) is 6.33. The van der Waals surface area contributed by atoms with Crippen LogP contribution in [0.5, 0.6) is 5.75 Å². The fourth-order valence-corrected chi connectivity index (χ4v) is 1.90. The van der Waals surface area contributed by atoms with Crippen molar-refractivity contribution in [2.75, 3.05) is 12.4 Å². The Bertz CT molecular complexity index is 521. The number of carbonyl (C=O) groups excluding carboxylic acids is 1. The number of hydrogen-bond donors (Lipinski definition) is 1. The van der Waals surface area contributed by atoms with Gasteiger partial charge in [0.2, 0.25) is 5.91 Å². The number of aromatic nitrogens is 1. The maximum atomic E-state index is 11.8. The summed E-state index contributed by atoms with van der Waals surface area (Å²) < 4.78 is 7.26. The minimum absolute atomic E-state index is 0.0108. The summed E-state index contributed by atoms with van der Waals surface area (Å²) in [4.78, 5) is 11.8. The van der Waals surface area contributed by atoms with Crippen LogP contribution in [0.4, 0.5) is 5.69 Å². The van der Waals surface area contributed by atoms with E-state index in [9.17, 15) is 4.79 Å². The average molecular weight is 258 g/mol. The van der Waals surface area contributed by atoms with Crippen LogP contribution in [0.1, 0.15) is 12.8 Å². The number of hydrogen-bond acceptors (Lipinski definition) is 2. The second-order valence-electron chi connectivity index (χ2n) is 4.27. The van der Waals surface area contributed by atoms with Crippen molar-refractivity contribution in [3.63, 3.8) is 0 Å². The monoisotopic (exact) mass is 258 g/mol. The molecular formula is C15H18N2O2. The lowest BCUT2D eigenvalue weighted by molar-refractivity contribution is -0.116. The average Bonchev–Trinajstić information content (AvgIpc) is 2.92. The molecule has 0 fully saturated rings. The smallest absolute Gasteiger partial charge is 0.224 e. The third kappa shape index (κ3) is 3.88. The minimum atomic E-state index is 0.0108. The molecule has 0 aliphatic heterocycles. The number of anilines is 1. The molecule has 0 spiro atoms. The highest BCUT2D eigenvalue weighted by Gasteiger charge is 2.06. The number of nitrogens with one attached hydrogen (secondary N) is 1. The van der Waals surface area contributed by atoms with E-state index >= 15 is 0 Å². The lowest BCUT2D eigenvalue weighted by Gasteiger charge is -2.09. The zero-order valence-electron chi connectivity index (χ0n) is 11.0. The van der Waals surface area contributed by atoms with Gasteiger partial charge in [0.25, 0.3) is 0 Å². The van der Waals surface area contributed by atoms with Crippen LogP contribution >= 0.6 is 0 Å². The predicted octanol–water partition coefficient (Wildman–Crippen LogP) is 2.92. The van der Waals surface area contributed by atoms with Crippen LogP contribution in [0, 0.1) is 0 Å². The van der Waals surface area contributed by atoms with Crippen LogP contribution in [0.15, 0.2) is 48.8 Å². The number of rotatable bonds is 6. The quantitative estimate of drug-likeness (QED) is 0.865. The lowest BCUT2D eigenvalue weighted by atomic mass is 10.2.